The molecule has 0 saturated heterocycles. The Balaban J connectivity index is 2.09. The van der Waals surface area contributed by atoms with Gasteiger partial charge in [0.1, 0.15) is 0 Å². The van der Waals surface area contributed by atoms with E-state index in [1.165, 1.54) is 0 Å². The maximum atomic E-state index is 12.4. The highest BCUT2D eigenvalue weighted by Crippen LogP contribution is 2.22. The highest BCUT2D eigenvalue weighted by atomic mass is 16.1. The molecule has 2 aromatic rings. The van der Waals surface area contributed by atoms with Crippen LogP contribution in [-0.4, -0.2) is 20.0 Å². The van der Waals surface area contributed by atoms with E-state index < -0.39 is 0 Å². The summed E-state index contributed by atoms with van der Waals surface area (Å²) in [5.41, 5.74) is 3.01. The van der Waals surface area contributed by atoms with E-state index in [0.29, 0.717) is 0 Å². The third-order valence-corrected chi connectivity index (χ3v) is 3.58. The van der Waals surface area contributed by atoms with Gasteiger partial charge in [-0.1, -0.05) is 37.3 Å². The van der Waals surface area contributed by atoms with Crippen LogP contribution in [0.5, 0.6) is 0 Å². The lowest BCUT2D eigenvalue weighted by Gasteiger charge is -2.16. The van der Waals surface area contributed by atoms with E-state index in [1.807, 2.05) is 80.5 Å². The fourth-order valence-corrected chi connectivity index (χ4v) is 2.33. The maximum absolute atomic E-state index is 12.4. The van der Waals surface area contributed by atoms with Gasteiger partial charge in [-0.05, 0) is 36.2 Å². The molecule has 0 saturated carbocycles. The molecule has 1 amide bonds. The average molecular weight is 282 g/mol. The molecule has 3 heteroatoms. The molecule has 0 aliphatic rings. The number of nitrogens with one attached hydrogen (secondary N) is 1. The second kappa shape index (κ2) is 6.93. The predicted octanol–water partition coefficient (Wildman–Crippen LogP) is 3.88. The highest BCUT2D eigenvalue weighted by Gasteiger charge is 2.18. The molecule has 0 aliphatic carbocycles. The molecule has 0 aliphatic heterocycles. The maximum Gasteiger partial charge on any atom is 0.231 e. The molecule has 1 N–H and O–H groups in total. The quantitative estimate of drug-likeness (QED) is 0.902. The van der Waals surface area contributed by atoms with Crippen LogP contribution in [0.2, 0.25) is 0 Å². The van der Waals surface area contributed by atoms with Crippen LogP contribution in [0.4, 0.5) is 11.4 Å². The van der Waals surface area contributed by atoms with Crippen LogP contribution >= 0.6 is 0 Å². The van der Waals surface area contributed by atoms with Crippen molar-refractivity contribution in [3.63, 3.8) is 0 Å². The molecule has 1 atom stereocenters. The number of carbonyl (C=O) groups excluding carboxylic acids is 1. The molecule has 0 aromatic heterocycles. The fourth-order valence-electron chi connectivity index (χ4n) is 2.33. The molecule has 0 fully saturated rings. The first-order valence-electron chi connectivity index (χ1n) is 7.25. The largest absolute Gasteiger partial charge is 0.378 e. The lowest BCUT2D eigenvalue weighted by molar-refractivity contribution is -0.117. The molecule has 0 spiro atoms. The van der Waals surface area contributed by atoms with Crippen LogP contribution in [0, 0.1) is 0 Å². The standard InChI is InChI=1S/C18H22N2O/c1-4-17(14-8-6-5-7-9-14)18(21)19-15-10-12-16(13-11-15)20(2)3/h5-13,17H,4H2,1-3H3,(H,19,21)/t17-/m1/s1. The van der Waals surface area contributed by atoms with Crippen LogP contribution in [-0.2, 0) is 4.79 Å². The normalized spacial score (nSPS) is 11.8. The smallest absolute Gasteiger partial charge is 0.231 e. The first kappa shape index (κ1) is 15.1. The lowest BCUT2D eigenvalue weighted by atomic mass is 9.95. The number of carbonyl (C=O) groups is 1. The van der Waals surface area contributed by atoms with Crippen LogP contribution in [0.3, 0.4) is 0 Å². The lowest BCUT2D eigenvalue weighted by Crippen LogP contribution is -2.20. The summed E-state index contributed by atoms with van der Waals surface area (Å²) >= 11 is 0. The van der Waals surface area contributed by atoms with Crippen molar-refractivity contribution in [2.75, 3.05) is 24.3 Å². The van der Waals surface area contributed by atoms with E-state index in [4.69, 9.17) is 0 Å². The Morgan fingerprint density at radius 1 is 1.05 bits per heavy atom. The van der Waals surface area contributed by atoms with Gasteiger partial charge in [0.05, 0.1) is 5.92 Å². The van der Waals surface area contributed by atoms with Gasteiger partial charge in [-0.25, -0.2) is 0 Å². The summed E-state index contributed by atoms with van der Waals surface area (Å²) in [6.45, 7) is 2.03. The first-order valence-corrected chi connectivity index (χ1v) is 7.25. The molecule has 21 heavy (non-hydrogen) atoms. The Hall–Kier alpha value is -2.29. The van der Waals surface area contributed by atoms with Crippen molar-refractivity contribution in [2.24, 2.45) is 0 Å². The van der Waals surface area contributed by atoms with Gasteiger partial charge in [0.25, 0.3) is 0 Å². The van der Waals surface area contributed by atoms with Crippen LogP contribution in [0.1, 0.15) is 24.8 Å². The van der Waals surface area contributed by atoms with Crippen molar-refractivity contribution in [1.82, 2.24) is 0 Å². The van der Waals surface area contributed by atoms with Gasteiger partial charge >= 0.3 is 0 Å². The molecule has 0 radical (unpaired) electrons. The van der Waals surface area contributed by atoms with Crippen LogP contribution in [0.25, 0.3) is 0 Å². The summed E-state index contributed by atoms with van der Waals surface area (Å²) in [6.07, 6.45) is 0.783. The van der Waals surface area contributed by atoms with Gasteiger partial charge in [-0.3, -0.25) is 4.79 Å². The Labute approximate surface area is 126 Å². The molecular weight excluding hydrogens is 260 g/mol. The van der Waals surface area contributed by atoms with Crippen LogP contribution in [0.15, 0.2) is 54.6 Å². The van der Waals surface area contributed by atoms with E-state index in [2.05, 4.69) is 5.32 Å². The minimum absolute atomic E-state index is 0.0429. The van der Waals surface area contributed by atoms with E-state index in [1.54, 1.807) is 0 Å². The number of anilines is 2. The molecule has 110 valence electrons. The zero-order chi connectivity index (χ0) is 15.2. The Morgan fingerprint density at radius 2 is 1.67 bits per heavy atom. The Kier molecular flexibility index (Phi) is 4.99. The summed E-state index contributed by atoms with van der Waals surface area (Å²) in [4.78, 5) is 14.5. The molecule has 2 aromatic carbocycles. The number of amides is 1. The predicted molar refractivity (Wildman–Crippen MR) is 88.9 cm³/mol. The van der Waals surface area contributed by atoms with Gasteiger partial charge < -0.3 is 10.2 Å². The van der Waals surface area contributed by atoms with E-state index in [-0.39, 0.29) is 11.8 Å². The van der Waals surface area contributed by atoms with Gasteiger partial charge in [0.15, 0.2) is 0 Å². The van der Waals surface area contributed by atoms with Gasteiger partial charge in [0, 0.05) is 25.5 Å². The SMILES string of the molecule is CC[C@@H](C(=O)Nc1ccc(N(C)C)cc1)c1ccccc1. The third kappa shape index (κ3) is 3.85. The fraction of sp³-hybridized carbons (Fsp3) is 0.278. The summed E-state index contributed by atoms with van der Waals surface area (Å²) < 4.78 is 0. The molecular formula is C18H22N2O. The topological polar surface area (TPSA) is 32.3 Å². The van der Waals surface area contributed by atoms with Crippen molar-refractivity contribution in [3.8, 4) is 0 Å². The van der Waals surface area contributed by atoms with Crippen molar-refractivity contribution in [1.29, 1.82) is 0 Å². The van der Waals surface area contributed by atoms with E-state index >= 15 is 0 Å². The molecule has 0 unspecified atom stereocenters. The number of benzene rings is 2. The van der Waals surface area contributed by atoms with Gasteiger partial charge in [-0.15, -0.1) is 0 Å². The number of hydrogen-bond donors (Lipinski definition) is 1. The number of nitrogens with zero attached hydrogens (tertiary/aromatic N) is 1. The average Bonchev–Trinajstić information content (AvgIpc) is 2.49. The summed E-state index contributed by atoms with van der Waals surface area (Å²) in [5.74, 6) is -0.0685. The zero-order valence-electron chi connectivity index (χ0n) is 12.8. The Bertz CT molecular complexity index is 576. The monoisotopic (exact) mass is 282 g/mol. The highest BCUT2D eigenvalue weighted by molar-refractivity contribution is 5.95. The Morgan fingerprint density at radius 3 is 2.19 bits per heavy atom. The van der Waals surface area contributed by atoms with Crippen molar-refractivity contribution in [3.05, 3.63) is 60.2 Å². The van der Waals surface area contributed by atoms with Crippen molar-refractivity contribution in [2.45, 2.75) is 19.3 Å². The summed E-state index contributed by atoms with van der Waals surface area (Å²) in [5, 5.41) is 3.00. The zero-order valence-corrected chi connectivity index (χ0v) is 12.8. The van der Waals surface area contributed by atoms with Crippen LogP contribution < -0.4 is 10.2 Å². The van der Waals surface area contributed by atoms with E-state index in [9.17, 15) is 4.79 Å². The number of hydrogen-bond acceptors (Lipinski definition) is 2. The molecule has 3 nitrogen and oxygen atoms in total. The number of rotatable bonds is 5. The van der Waals surface area contributed by atoms with E-state index in [0.717, 1.165) is 23.4 Å². The summed E-state index contributed by atoms with van der Waals surface area (Å²) in [6, 6.07) is 17.8. The van der Waals surface area contributed by atoms with Crippen molar-refractivity contribution >= 4 is 17.3 Å². The molecule has 2 rings (SSSR count). The minimum atomic E-state index is -0.111. The first-order chi connectivity index (χ1) is 10.1. The van der Waals surface area contributed by atoms with Gasteiger partial charge in [0.2, 0.25) is 5.91 Å². The minimum Gasteiger partial charge on any atom is -0.378 e. The molecule has 0 bridgehead atoms. The molecule has 0 heterocycles. The summed E-state index contributed by atoms with van der Waals surface area (Å²) in [7, 11) is 3.99. The third-order valence-electron chi connectivity index (χ3n) is 3.58. The van der Waals surface area contributed by atoms with Crippen molar-refractivity contribution < 1.29 is 4.79 Å². The second-order valence-corrected chi connectivity index (χ2v) is 5.30. The second-order valence-electron chi connectivity index (χ2n) is 5.30. The van der Waals surface area contributed by atoms with Gasteiger partial charge in [-0.2, -0.15) is 0 Å².